The van der Waals surface area contributed by atoms with Gasteiger partial charge < -0.3 is 8.94 Å². The molecule has 0 saturated heterocycles. The first-order valence-electron chi connectivity index (χ1n) is 8.62. The molecule has 0 radical (unpaired) electrons. The van der Waals surface area contributed by atoms with Crippen LogP contribution in [0.4, 0.5) is 0 Å². The van der Waals surface area contributed by atoms with E-state index < -0.39 is 21.3 Å². The molecule has 1 saturated carbocycles. The lowest BCUT2D eigenvalue weighted by Gasteiger charge is -2.20. The fourth-order valence-electron chi connectivity index (χ4n) is 2.79. The van der Waals surface area contributed by atoms with E-state index in [1.165, 1.54) is 16.7 Å². The van der Waals surface area contributed by atoms with Crippen LogP contribution in [0.2, 0.25) is 0 Å². The summed E-state index contributed by atoms with van der Waals surface area (Å²) < 4.78 is 39.3. The highest BCUT2D eigenvalue weighted by atomic mass is 32.2. The van der Waals surface area contributed by atoms with Gasteiger partial charge in [-0.15, -0.1) is 0 Å². The SMILES string of the molecule is CC(C)(C)NS(=O)(=O)c1ccc2c(c1)oc(=O)n2Cc1noc(C2CC2)n1. The quantitative estimate of drug-likeness (QED) is 0.705. The van der Waals surface area contributed by atoms with Gasteiger partial charge in [0, 0.05) is 17.5 Å². The standard InChI is InChI=1S/C17H20N4O5S/c1-17(2,3)20-27(23,24)11-6-7-12-13(8-11)25-16(22)21(12)9-14-18-15(26-19-14)10-4-5-10/h6-8,10,20H,4-5,9H2,1-3H3. The average Bonchev–Trinajstić information content (AvgIpc) is 3.21. The molecule has 0 aliphatic heterocycles. The normalized spacial score (nSPS) is 15.5. The first-order valence-corrected chi connectivity index (χ1v) is 10.1. The monoisotopic (exact) mass is 392 g/mol. The van der Waals surface area contributed by atoms with E-state index in [1.54, 1.807) is 26.8 Å². The van der Waals surface area contributed by atoms with Gasteiger partial charge in [-0.1, -0.05) is 5.16 Å². The summed E-state index contributed by atoms with van der Waals surface area (Å²) in [5, 5.41) is 3.90. The molecule has 0 amide bonds. The van der Waals surface area contributed by atoms with E-state index >= 15 is 0 Å². The van der Waals surface area contributed by atoms with E-state index in [1.807, 2.05) is 0 Å². The predicted molar refractivity (Wildman–Crippen MR) is 95.9 cm³/mol. The first-order chi connectivity index (χ1) is 12.6. The van der Waals surface area contributed by atoms with Gasteiger partial charge in [0.05, 0.1) is 17.0 Å². The van der Waals surface area contributed by atoms with Gasteiger partial charge in [-0.05, 0) is 45.7 Å². The molecule has 1 fully saturated rings. The summed E-state index contributed by atoms with van der Waals surface area (Å²) >= 11 is 0. The van der Waals surface area contributed by atoms with Crippen LogP contribution < -0.4 is 10.5 Å². The topological polar surface area (TPSA) is 120 Å². The molecule has 1 N–H and O–H groups in total. The Morgan fingerprint density at radius 1 is 1.30 bits per heavy atom. The number of aromatic nitrogens is 3. The molecule has 1 aliphatic carbocycles. The Balaban J connectivity index is 1.67. The number of oxazole rings is 1. The van der Waals surface area contributed by atoms with Gasteiger partial charge in [-0.2, -0.15) is 4.98 Å². The number of sulfonamides is 1. The van der Waals surface area contributed by atoms with Crippen molar-refractivity contribution < 1.29 is 17.4 Å². The van der Waals surface area contributed by atoms with E-state index in [4.69, 9.17) is 8.94 Å². The summed E-state index contributed by atoms with van der Waals surface area (Å²) in [5.41, 5.74) is 0.0218. The maximum atomic E-state index is 12.5. The minimum absolute atomic E-state index is 0.0291. The third-order valence-electron chi connectivity index (χ3n) is 4.10. The van der Waals surface area contributed by atoms with Crippen molar-refractivity contribution in [2.45, 2.75) is 56.5 Å². The highest BCUT2D eigenvalue weighted by Crippen LogP contribution is 2.38. The Labute approximate surface area is 155 Å². The van der Waals surface area contributed by atoms with Crippen LogP contribution >= 0.6 is 0 Å². The van der Waals surface area contributed by atoms with Crippen molar-refractivity contribution >= 4 is 21.1 Å². The smallest absolute Gasteiger partial charge is 0.408 e. The van der Waals surface area contributed by atoms with E-state index in [9.17, 15) is 13.2 Å². The second kappa shape index (κ2) is 6.03. The number of fused-ring (bicyclic) bond motifs is 1. The third-order valence-corrected chi connectivity index (χ3v) is 5.86. The summed E-state index contributed by atoms with van der Waals surface area (Å²) in [5.74, 6) is 0.688. The summed E-state index contributed by atoms with van der Waals surface area (Å²) in [7, 11) is -3.73. The van der Waals surface area contributed by atoms with Crippen molar-refractivity contribution in [2.24, 2.45) is 0 Å². The number of nitrogens with zero attached hydrogens (tertiary/aromatic N) is 3. The fraction of sp³-hybridized carbons (Fsp3) is 0.471. The zero-order valence-electron chi connectivity index (χ0n) is 15.2. The summed E-state index contributed by atoms with van der Waals surface area (Å²) in [6, 6.07) is 4.32. The molecule has 9 nitrogen and oxygen atoms in total. The molecule has 2 heterocycles. The predicted octanol–water partition coefficient (Wildman–Crippen LogP) is 1.98. The molecule has 0 unspecified atom stereocenters. The van der Waals surface area contributed by atoms with E-state index in [-0.39, 0.29) is 17.0 Å². The molecule has 144 valence electrons. The number of benzene rings is 1. The van der Waals surface area contributed by atoms with Crippen molar-refractivity contribution in [1.82, 2.24) is 19.4 Å². The Morgan fingerprint density at radius 2 is 2.04 bits per heavy atom. The minimum Gasteiger partial charge on any atom is -0.408 e. The van der Waals surface area contributed by atoms with Gasteiger partial charge >= 0.3 is 5.76 Å². The average molecular weight is 392 g/mol. The van der Waals surface area contributed by atoms with Gasteiger partial charge in [0.2, 0.25) is 15.9 Å². The first kappa shape index (κ1) is 17.9. The van der Waals surface area contributed by atoms with Crippen molar-refractivity contribution in [1.29, 1.82) is 0 Å². The van der Waals surface area contributed by atoms with E-state index in [2.05, 4.69) is 14.9 Å². The molecule has 0 atom stereocenters. The lowest BCUT2D eigenvalue weighted by molar-refractivity contribution is 0.372. The van der Waals surface area contributed by atoms with Gasteiger partial charge in [0.25, 0.3) is 0 Å². The molecule has 10 heteroatoms. The maximum absolute atomic E-state index is 12.5. The molecule has 1 aromatic carbocycles. The molecule has 3 aromatic rings. The summed E-state index contributed by atoms with van der Waals surface area (Å²) in [6.07, 6.45) is 2.08. The van der Waals surface area contributed by atoms with Crippen LogP contribution in [0.5, 0.6) is 0 Å². The number of nitrogens with one attached hydrogen (secondary N) is 1. The molecule has 1 aliphatic rings. The molecule has 27 heavy (non-hydrogen) atoms. The molecule has 0 bridgehead atoms. The second-order valence-corrected chi connectivity index (χ2v) is 9.44. The van der Waals surface area contributed by atoms with Gasteiger partial charge in [-0.25, -0.2) is 17.9 Å². The lowest BCUT2D eigenvalue weighted by Crippen LogP contribution is -2.40. The molecule has 0 spiro atoms. The molecule has 2 aromatic heterocycles. The van der Waals surface area contributed by atoms with E-state index in [0.717, 1.165) is 12.8 Å². The van der Waals surface area contributed by atoms with Crippen LogP contribution in [-0.2, 0) is 16.6 Å². The highest BCUT2D eigenvalue weighted by molar-refractivity contribution is 7.89. The van der Waals surface area contributed by atoms with Crippen molar-refractivity contribution in [3.63, 3.8) is 0 Å². The van der Waals surface area contributed by atoms with Gasteiger partial charge in [0.1, 0.15) is 0 Å². The molecule has 4 rings (SSSR count). The van der Waals surface area contributed by atoms with Crippen molar-refractivity contribution in [2.75, 3.05) is 0 Å². The fourth-order valence-corrected chi connectivity index (χ4v) is 4.23. The van der Waals surface area contributed by atoms with Crippen molar-refractivity contribution in [3.8, 4) is 0 Å². The van der Waals surface area contributed by atoms with Crippen LogP contribution in [-0.4, -0.2) is 28.7 Å². The van der Waals surface area contributed by atoms with Gasteiger partial charge in [0.15, 0.2) is 11.4 Å². The second-order valence-electron chi connectivity index (χ2n) is 7.76. The number of hydrogen-bond donors (Lipinski definition) is 1. The Hall–Kier alpha value is -2.46. The lowest BCUT2D eigenvalue weighted by atomic mass is 10.1. The van der Waals surface area contributed by atoms with Crippen molar-refractivity contribution in [3.05, 3.63) is 40.5 Å². The third kappa shape index (κ3) is 3.67. The van der Waals surface area contributed by atoms with Gasteiger partial charge in [-0.3, -0.25) is 4.57 Å². The molecular formula is C17H20N4O5S. The van der Waals surface area contributed by atoms with Crippen LogP contribution in [0, 0.1) is 0 Å². The number of rotatable bonds is 5. The maximum Gasteiger partial charge on any atom is 0.420 e. The van der Waals surface area contributed by atoms with Crippen LogP contribution in [0.1, 0.15) is 51.2 Å². The zero-order valence-corrected chi connectivity index (χ0v) is 16.0. The summed E-state index contributed by atoms with van der Waals surface area (Å²) in [6.45, 7) is 5.34. The van der Waals surface area contributed by atoms with Crippen LogP contribution in [0.25, 0.3) is 11.1 Å². The zero-order chi connectivity index (χ0) is 19.4. The minimum atomic E-state index is -3.73. The summed E-state index contributed by atoms with van der Waals surface area (Å²) in [4.78, 5) is 16.6. The molecular weight excluding hydrogens is 372 g/mol. The van der Waals surface area contributed by atoms with Crippen LogP contribution in [0.15, 0.2) is 36.8 Å². The number of hydrogen-bond acceptors (Lipinski definition) is 7. The Morgan fingerprint density at radius 3 is 2.70 bits per heavy atom. The highest BCUT2D eigenvalue weighted by Gasteiger charge is 2.30. The Kier molecular flexibility index (Phi) is 4.00. The van der Waals surface area contributed by atoms with E-state index in [0.29, 0.717) is 23.1 Å². The van der Waals surface area contributed by atoms with Crippen LogP contribution in [0.3, 0.4) is 0 Å². The Bertz CT molecular complexity index is 1160. The largest absolute Gasteiger partial charge is 0.420 e.